The van der Waals surface area contributed by atoms with Crippen molar-refractivity contribution in [1.82, 2.24) is 10.2 Å². The van der Waals surface area contributed by atoms with Crippen LogP contribution in [-0.2, 0) is 4.74 Å². The summed E-state index contributed by atoms with van der Waals surface area (Å²) >= 11 is 0. The second-order valence-corrected chi connectivity index (χ2v) is 3.27. The Morgan fingerprint density at radius 3 is 2.64 bits per heavy atom. The number of rotatable bonds is 4. The van der Waals surface area contributed by atoms with Crippen LogP contribution < -0.4 is 5.32 Å². The zero-order valence-corrected chi connectivity index (χ0v) is 8.75. The Morgan fingerprint density at radius 2 is 2.07 bits per heavy atom. The Hall–Kier alpha value is -1.22. The van der Waals surface area contributed by atoms with Gasteiger partial charge < -0.3 is 15.0 Å². The van der Waals surface area contributed by atoms with Crippen LogP contribution in [0.5, 0.6) is 0 Å². The molecule has 0 aromatic heterocycles. The fraction of sp³-hybridized carbons (Fsp3) is 0.455. The summed E-state index contributed by atoms with van der Waals surface area (Å²) in [5.41, 5.74) is 2.08. The molecule has 0 aliphatic carbocycles. The van der Waals surface area contributed by atoms with Crippen LogP contribution in [0, 0.1) is 0 Å². The summed E-state index contributed by atoms with van der Waals surface area (Å²) in [6.45, 7) is 13.1. The number of allylic oxidation sites excluding steroid dienone is 2. The predicted molar refractivity (Wildman–Crippen MR) is 58.6 cm³/mol. The fourth-order valence-electron chi connectivity index (χ4n) is 1.39. The van der Waals surface area contributed by atoms with Gasteiger partial charge in [-0.25, -0.2) is 0 Å². The molecule has 0 aromatic carbocycles. The molecule has 0 aromatic rings. The van der Waals surface area contributed by atoms with Gasteiger partial charge in [0.1, 0.15) is 0 Å². The van der Waals surface area contributed by atoms with Gasteiger partial charge in [-0.05, 0) is 19.2 Å². The zero-order chi connectivity index (χ0) is 10.4. The molecule has 0 amide bonds. The summed E-state index contributed by atoms with van der Waals surface area (Å²) in [6.07, 6.45) is 3.69. The quantitative estimate of drug-likeness (QED) is 0.686. The molecular formula is C11H18N2O. The van der Waals surface area contributed by atoms with Gasteiger partial charge in [-0.15, -0.1) is 0 Å². The molecule has 3 nitrogen and oxygen atoms in total. The van der Waals surface area contributed by atoms with E-state index < -0.39 is 0 Å². The van der Waals surface area contributed by atoms with Crippen molar-refractivity contribution < 1.29 is 4.74 Å². The van der Waals surface area contributed by atoms with Gasteiger partial charge >= 0.3 is 0 Å². The van der Waals surface area contributed by atoms with Crippen molar-refractivity contribution in [2.45, 2.75) is 6.92 Å². The van der Waals surface area contributed by atoms with Gasteiger partial charge in [0.15, 0.2) is 0 Å². The smallest absolute Gasteiger partial charge is 0.0642 e. The van der Waals surface area contributed by atoms with Crippen LogP contribution in [0.15, 0.2) is 36.8 Å². The van der Waals surface area contributed by atoms with Crippen molar-refractivity contribution in [1.29, 1.82) is 0 Å². The molecule has 14 heavy (non-hydrogen) atoms. The summed E-state index contributed by atoms with van der Waals surface area (Å²) in [4.78, 5) is 2.22. The van der Waals surface area contributed by atoms with Gasteiger partial charge in [-0.3, -0.25) is 0 Å². The summed E-state index contributed by atoms with van der Waals surface area (Å²) in [5.74, 6) is 0. The normalized spacial score (nSPS) is 17.8. The number of nitrogens with one attached hydrogen (secondary N) is 1. The molecule has 1 saturated heterocycles. The van der Waals surface area contributed by atoms with Gasteiger partial charge in [0.25, 0.3) is 0 Å². The second-order valence-electron chi connectivity index (χ2n) is 3.27. The van der Waals surface area contributed by atoms with Crippen LogP contribution in [0.4, 0.5) is 0 Å². The molecule has 1 rings (SSSR count). The average molecular weight is 194 g/mol. The first kappa shape index (κ1) is 10.9. The van der Waals surface area contributed by atoms with Gasteiger partial charge in [0, 0.05) is 24.5 Å². The fourth-order valence-corrected chi connectivity index (χ4v) is 1.39. The topological polar surface area (TPSA) is 24.5 Å². The molecule has 1 aliphatic rings. The molecule has 0 radical (unpaired) electrons. The highest BCUT2D eigenvalue weighted by molar-refractivity contribution is 5.18. The van der Waals surface area contributed by atoms with Crippen LogP contribution in [-0.4, -0.2) is 31.2 Å². The highest BCUT2D eigenvalue weighted by Crippen LogP contribution is 2.08. The molecule has 3 heteroatoms. The number of hydrogen-bond acceptors (Lipinski definition) is 3. The molecule has 1 heterocycles. The molecule has 0 unspecified atom stereocenters. The highest BCUT2D eigenvalue weighted by Gasteiger charge is 2.10. The lowest BCUT2D eigenvalue weighted by atomic mass is 10.3. The number of morpholine rings is 1. The van der Waals surface area contributed by atoms with Gasteiger partial charge in [-0.1, -0.05) is 13.2 Å². The highest BCUT2D eigenvalue weighted by atomic mass is 16.5. The van der Waals surface area contributed by atoms with Crippen molar-refractivity contribution >= 4 is 0 Å². The van der Waals surface area contributed by atoms with Crippen LogP contribution in [0.25, 0.3) is 0 Å². The average Bonchev–Trinajstić information content (AvgIpc) is 2.19. The Balaban J connectivity index is 2.46. The third-order valence-corrected chi connectivity index (χ3v) is 2.13. The first-order valence-corrected chi connectivity index (χ1v) is 4.81. The minimum atomic E-state index is 0.792. The van der Waals surface area contributed by atoms with Crippen molar-refractivity contribution in [3.8, 4) is 0 Å². The first-order valence-electron chi connectivity index (χ1n) is 4.81. The molecule has 0 bridgehead atoms. The van der Waals surface area contributed by atoms with Gasteiger partial charge in [0.05, 0.1) is 13.2 Å². The Labute approximate surface area is 85.7 Å². The number of hydrogen-bond donors (Lipinski definition) is 1. The van der Waals surface area contributed by atoms with E-state index >= 15 is 0 Å². The number of ether oxygens (including phenoxy) is 1. The van der Waals surface area contributed by atoms with Crippen molar-refractivity contribution in [3.05, 3.63) is 36.8 Å². The summed E-state index contributed by atoms with van der Waals surface area (Å²) in [5, 5.41) is 3.02. The predicted octanol–water partition coefficient (Wildman–Crippen LogP) is 1.47. The van der Waals surface area contributed by atoms with Crippen LogP contribution in [0.1, 0.15) is 6.92 Å². The van der Waals surface area contributed by atoms with Crippen molar-refractivity contribution in [2.24, 2.45) is 0 Å². The lowest BCUT2D eigenvalue weighted by Gasteiger charge is -2.29. The summed E-state index contributed by atoms with van der Waals surface area (Å²) in [7, 11) is 0. The zero-order valence-electron chi connectivity index (χ0n) is 8.75. The minimum absolute atomic E-state index is 0.792. The monoisotopic (exact) mass is 194 g/mol. The third-order valence-electron chi connectivity index (χ3n) is 2.13. The largest absolute Gasteiger partial charge is 0.378 e. The van der Waals surface area contributed by atoms with Gasteiger partial charge in [0.2, 0.25) is 0 Å². The lowest BCUT2D eigenvalue weighted by Crippen LogP contribution is -2.34. The van der Waals surface area contributed by atoms with Gasteiger partial charge in [-0.2, -0.15) is 0 Å². The molecule has 0 saturated carbocycles. The lowest BCUT2D eigenvalue weighted by molar-refractivity contribution is 0.0555. The third kappa shape index (κ3) is 3.26. The van der Waals surface area contributed by atoms with E-state index in [4.69, 9.17) is 4.74 Å². The standard InChI is InChI=1S/C11H18N2O/c1-4-12-10(2)9-11(3)13-5-7-14-8-6-13/h4,9,12H,1,3,5-8H2,2H3/b10-9+. The molecule has 1 fully saturated rings. The maximum atomic E-state index is 5.27. The van der Waals surface area contributed by atoms with E-state index in [2.05, 4.69) is 23.4 Å². The Kier molecular flexibility index (Phi) is 4.26. The molecule has 78 valence electrons. The Bertz CT molecular complexity index is 240. The summed E-state index contributed by atoms with van der Waals surface area (Å²) in [6, 6.07) is 0. The second kappa shape index (κ2) is 5.50. The van der Waals surface area contributed by atoms with E-state index in [1.807, 2.05) is 13.0 Å². The maximum absolute atomic E-state index is 5.27. The van der Waals surface area contributed by atoms with E-state index in [0.29, 0.717) is 0 Å². The maximum Gasteiger partial charge on any atom is 0.0642 e. The molecule has 0 spiro atoms. The molecule has 1 aliphatic heterocycles. The van der Waals surface area contributed by atoms with Crippen LogP contribution >= 0.6 is 0 Å². The van der Waals surface area contributed by atoms with Crippen molar-refractivity contribution in [3.63, 3.8) is 0 Å². The SMILES string of the molecule is C=CN/C(C)=C/C(=C)N1CCOCC1. The first-order chi connectivity index (χ1) is 6.74. The van der Waals surface area contributed by atoms with Crippen LogP contribution in [0.3, 0.4) is 0 Å². The van der Waals surface area contributed by atoms with E-state index in [9.17, 15) is 0 Å². The minimum Gasteiger partial charge on any atom is -0.378 e. The summed E-state index contributed by atoms with van der Waals surface area (Å²) < 4.78 is 5.27. The van der Waals surface area contributed by atoms with Crippen molar-refractivity contribution in [2.75, 3.05) is 26.3 Å². The molecule has 1 N–H and O–H groups in total. The Morgan fingerprint density at radius 1 is 1.43 bits per heavy atom. The number of nitrogens with zero attached hydrogens (tertiary/aromatic N) is 1. The molecular weight excluding hydrogens is 176 g/mol. The van der Waals surface area contributed by atoms with E-state index in [1.165, 1.54) is 0 Å². The van der Waals surface area contributed by atoms with Crippen LogP contribution in [0.2, 0.25) is 0 Å². The molecule has 0 atom stereocenters. The van der Waals surface area contributed by atoms with E-state index in [-0.39, 0.29) is 0 Å². The van der Waals surface area contributed by atoms with E-state index in [1.54, 1.807) is 6.20 Å². The van der Waals surface area contributed by atoms with E-state index in [0.717, 1.165) is 37.7 Å².